The van der Waals surface area contributed by atoms with Gasteiger partial charge in [-0.3, -0.25) is 4.79 Å². The zero-order valence-electron chi connectivity index (χ0n) is 36.7. The Hall–Kier alpha value is -6.88. The predicted octanol–water partition coefficient (Wildman–Crippen LogP) is 7.74. The molecule has 2 aromatic heterocycles. The fourth-order valence-electron chi connectivity index (χ4n) is 9.31. The number of rotatable bonds is 12. The highest BCUT2D eigenvalue weighted by atomic mass is 16.7. The zero-order valence-corrected chi connectivity index (χ0v) is 36.7. The van der Waals surface area contributed by atoms with Crippen molar-refractivity contribution in [2.45, 2.75) is 63.1 Å². The van der Waals surface area contributed by atoms with Crippen molar-refractivity contribution in [1.82, 2.24) is 40.2 Å². The van der Waals surface area contributed by atoms with E-state index in [4.69, 9.17) is 28.9 Å². The largest absolute Gasteiger partial charge is 0.453 e. The number of hydrogen-bond donors (Lipinski definition) is 3. The van der Waals surface area contributed by atoms with Crippen molar-refractivity contribution in [1.29, 1.82) is 0 Å². The van der Waals surface area contributed by atoms with Gasteiger partial charge in [-0.05, 0) is 63.9 Å². The number of benzene rings is 4. The van der Waals surface area contributed by atoms with Crippen LogP contribution in [0.4, 0.5) is 9.59 Å². The van der Waals surface area contributed by atoms with Crippen LogP contribution in [0.1, 0.15) is 68.4 Å². The summed E-state index contributed by atoms with van der Waals surface area (Å²) in [6.07, 6.45) is 4.99. The summed E-state index contributed by atoms with van der Waals surface area (Å²) in [6.45, 7) is 5.41. The number of H-pyrrole nitrogens is 2. The van der Waals surface area contributed by atoms with Gasteiger partial charge in [-0.15, -0.1) is 0 Å². The van der Waals surface area contributed by atoms with E-state index in [2.05, 4.69) is 63.8 Å². The Bertz CT molecular complexity index is 2680. The molecule has 3 fully saturated rings. The van der Waals surface area contributed by atoms with Crippen molar-refractivity contribution in [3.05, 3.63) is 121 Å². The molecule has 4 aromatic carbocycles. The van der Waals surface area contributed by atoms with Crippen LogP contribution in [0.25, 0.3) is 44.4 Å². The van der Waals surface area contributed by atoms with Crippen LogP contribution in [0, 0.1) is 5.92 Å². The minimum atomic E-state index is -0.943. The second-order valence-electron chi connectivity index (χ2n) is 17.0. The third-order valence-corrected chi connectivity index (χ3v) is 12.7. The number of alkyl carbamates (subject to hydrolysis) is 1. The first-order valence-electron chi connectivity index (χ1n) is 21.9. The maximum atomic E-state index is 14.0. The molecule has 0 radical (unpaired) electrons. The topological polar surface area (TPSA) is 184 Å². The molecule has 16 nitrogen and oxygen atoms in total. The van der Waals surface area contributed by atoms with Crippen molar-refractivity contribution >= 4 is 35.2 Å². The predicted molar refractivity (Wildman–Crippen MR) is 241 cm³/mol. The average molecular weight is 881 g/mol. The van der Waals surface area contributed by atoms with Crippen molar-refractivity contribution in [2.24, 2.45) is 5.92 Å². The van der Waals surface area contributed by atoms with Crippen LogP contribution >= 0.6 is 0 Å². The molecule has 0 aliphatic carbocycles. The minimum Gasteiger partial charge on any atom is -0.453 e. The van der Waals surface area contributed by atoms with Gasteiger partial charge in [0.1, 0.15) is 30.0 Å². The molecule has 16 heteroatoms. The number of likely N-dealkylation sites (tertiary alicyclic amines) is 1. The summed E-state index contributed by atoms with van der Waals surface area (Å²) >= 11 is 0. The number of hydrogen-bond acceptors (Lipinski definition) is 11. The quantitative estimate of drug-likeness (QED) is 0.102. The Balaban J connectivity index is 0.902. The van der Waals surface area contributed by atoms with E-state index >= 15 is 0 Å². The number of carbonyl (C=O) groups is 4. The molecule has 3 amide bonds. The van der Waals surface area contributed by atoms with Crippen molar-refractivity contribution in [3.63, 3.8) is 0 Å². The summed E-state index contributed by atoms with van der Waals surface area (Å²) in [5.41, 5.74) is 6.33. The van der Waals surface area contributed by atoms with Crippen LogP contribution in [0.3, 0.4) is 0 Å². The third-order valence-electron chi connectivity index (χ3n) is 12.7. The molecule has 65 heavy (non-hydrogen) atoms. The number of methoxy groups -OCH3 is 2. The standard InChI is InChI=1S/C49H52N8O8/c1-30(2)42(28-58)57(48(61)63-4)56-29-49(64-21-22-65-49)25-41(56)45-51-26-38(52-45)32-14-12-31(13-15-32)34-16-17-36-24-37(19-18-35(36)23-34)39-27-50-44(53-39)40-11-8-20-55(40)46(59)43(54-47(60)62-3)33-9-6-5-7-10-33/h5-7,9-10,12-19,23-24,26-28,30,40-43H,8,11,20-22,25,29H2,1-4H3,(H,50,53)(H,51,52)(H,54,60)/t40-,41-,42+,43+/m0/s1. The van der Waals surface area contributed by atoms with E-state index in [1.54, 1.807) is 16.1 Å². The fourth-order valence-corrected chi connectivity index (χ4v) is 9.31. The number of carbonyl (C=O) groups excluding carboxylic acids is 4. The summed E-state index contributed by atoms with van der Waals surface area (Å²) < 4.78 is 22.2. The maximum Gasteiger partial charge on any atom is 0.424 e. The summed E-state index contributed by atoms with van der Waals surface area (Å²) in [6, 6.07) is 27.7. The molecule has 5 heterocycles. The lowest BCUT2D eigenvalue weighted by Crippen LogP contribution is -2.55. The third kappa shape index (κ3) is 8.59. The highest BCUT2D eigenvalue weighted by Gasteiger charge is 2.54. The van der Waals surface area contributed by atoms with Gasteiger partial charge in [0, 0.05) is 18.5 Å². The zero-order chi connectivity index (χ0) is 45.2. The van der Waals surface area contributed by atoms with Crippen molar-refractivity contribution in [2.75, 3.05) is 40.5 Å². The lowest BCUT2D eigenvalue weighted by atomic mass is 9.98. The first-order chi connectivity index (χ1) is 31.6. The highest BCUT2D eigenvalue weighted by molar-refractivity contribution is 5.91. The van der Waals surface area contributed by atoms with Gasteiger partial charge in [0.2, 0.25) is 0 Å². The molecule has 6 aromatic rings. The monoisotopic (exact) mass is 880 g/mol. The van der Waals surface area contributed by atoms with Crippen LogP contribution in [0.2, 0.25) is 0 Å². The molecule has 3 aliphatic heterocycles. The molecular formula is C49H52N8O8. The second-order valence-corrected chi connectivity index (χ2v) is 17.0. The number of nitrogens with zero attached hydrogens (tertiary/aromatic N) is 5. The van der Waals surface area contributed by atoms with E-state index in [0.29, 0.717) is 43.4 Å². The van der Waals surface area contributed by atoms with Gasteiger partial charge < -0.3 is 43.9 Å². The molecule has 4 atom stereocenters. The number of aromatic nitrogens is 4. The maximum absolute atomic E-state index is 14.0. The summed E-state index contributed by atoms with van der Waals surface area (Å²) in [5, 5.41) is 8.04. The number of hydrazine groups is 1. The molecule has 3 N–H and O–H groups in total. The molecular weight excluding hydrogens is 829 g/mol. The van der Waals surface area contributed by atoms with Gasteiger partial charge in [0.15, 0.2) is 5.79 Å². The molecule has 1 spiro atoms. The van der Waals surface area contributed by atoms with Crippen LogP contribution in [0.5, 0.6) is 0 Å². The molecule has 3 aliphatic rings. The van der Waals surface area contributed by atoms with Gasteiger partial charge in [-0.25, -0.2) is 24.6 Å². The Kier molecular flexibility index (Phi) is 12.2. The van der Waals surface area contributed by atoms with E-state index in [-0.39, 0.29) is 24.4 Å². The Labute approximate surface area is 376 Å². The number of imidazole rings is 2. The number of aldehydes is 1. The van der Waals surface area contributed by atoms with Crippen LogP contribution in [0.15, 0.2) is 103 Å². The highest BCUT2D eigenvalue weighted by Crippen LogP contribution is 2.44. The number of amides is 3. The number of fused-ring (bicyclic) bond motifs is 1. The molecule has 336 valence electrons. The summed E-state index contributed by atoms with van der Waals surface area (Å²) in [4.78, 5) is 70.0. The smallest absolute Gasteiger partial charge is 0.424 e. The molecule has 0 unspecified atom stereocenters. The van der Waals surface area contributed by atoms with Gasteiger partial charge in [0.05, 0.1) is 69.8 Å². The molecule has 9 rings (SSSR count). The Morgan fingerprint density at radius 1 is 0.815 bits per heavy atom. The lowest BCUT2D eigenvalue weighted by molar-refractivity contribution is -0.160. The molecule has 3 saturated heterocycles. The first-order valence-corrected chi connectivity index (χ1v) is 21.9. The average Bonchev–Trinajstić information content (AvgIpc) is 4.21. The molecule has 0 saturated carbocycles. The van der Waals surface area contributed by atoms with Gasteiger partial charge in [0.25, 0.3) is 5.91 Å². The lowest BCUT2D eigenvalue weighted by Gasteiger charge is -2.39. The van der Waals surface area contributed by atoms with Crippen LogP contribution in [-0.4, -0.2) is 112 Å². The van der Waals surface area contributed by atoms with Crippen molar-refractivity contribution < 1.29 is 38.1 Å². The van der Waals surface area contributed by atoms with Gasteiger partial charge >= 0.3 is 12.2 Å². The van der Waals surface area contributed by atoms with E-state index in [1.807, 2.05) is 62.5 Å². The van der Waals surface area contributed by atoms with E-state index in [1.165, 1.54) is 19.2 Å². The number of nitrogens with one attached hydrogen (secondary N) is 3. The van der Waals surface area contributed by atoms with E-state index in [9.17, 15) is 19.2 Å². The summed E-state index contributed by atoms with van der Waals surface area (Å²) in [7, 11) is 2.58. The number of aromatic amines is 2. The van der Waals surface area contributed by atoms with Crippen LogP contribution in [-0.2, 0) is 28.5 Å². The SMILES string of the molecule is COC(=O)N[C@@H](C(=O)N1CCC[C@H]1c1ncc(-c2ccc3cc(-c4ccc(-c5cnc([C@@H]6CC7(CN6N(C(=O)OC)[C@H](C=O)C(C)C)OCCO7)[nH]5)cc4)ccc3c2)[nH]1)c1ccccc1. The van der Waals surface area contributed by atoms with E-state index in [0.717, 1.165) is 63.5 Å². The Morgan fingerprint density at radius 2 is 1.43 bits per heavy atom. The Morgan fingerprint density at radius 3 is 2.08 bits per heavy atom. The van der Waals surface area contributed by atoms with Gasteiger partial charge in [-0.1, -0.05) is 92.7 Å². The first kappa shape index (κ1) is 43.4. The van der Waals surface area contributed by atoms with Gasteiger partial charge in [-0.2, -0.15) is 5.01 Å². The van der Waals surface area contributed by atoms with Crippen LogP contribution < -0.4 is 5.32 Å². The second kappa shape index (κ2) is 18.3. The fraction of sp³-hybridized carbons (Fsp3) is 0.347. The van der Waals surface area contributed by atoms with Crippen molar-refractivity contribution in [3.8, 4) is 33.6 Å². The minimum absolute atomic E-state index is 0.175. The van der Waals surface area contributed by atoms with E-state index < -0.39 is 36.1 Å². The normalized spacial score (nSPS) is 19.1. The summed E-state index contributed by atoms with van der Waals surface area (Å²) in [5.74, 6) is -0.0264. The molecule has 0 bridgehead atoms. The number of ether oxygens (including phenoxy) is 4.